The van der Waals surface area contributed by atoms with E-state index in [1.165, 1.54) is 11.1 Å². The molecular weight excluding hydrogens is 250 g/mol. The lowest BCUT2D eigenvalue weighted by molar-refractivity contribution is 0.658. The van der Waals surface area contributed by atoms with E-state index in [0.29, 0.717) is 0 Å². The first-order valence-electron chi connectivity index (χ1n) is 6.02. The summed E-state index contributed by atoms with van der Waals surface area (Å²) in [7, 11) is 0. The van der Waals surface area contributed by atoms with Gasteiger partial charge in [-0.15, -0.1) is 12.4 Å². The van der Waals surface area contributed by atoms with Crippen molar-refractivity contribution in [3.63, 3.8) is 0 Å². The molecule has 0 aliphatic rings. The summed E-state index contributed by atoms with van der Waals surface area (Å²) in [5.74, 6) is 0.955. The molecule has 6 heteroatoms. The molecule has 0 aliphatic carbocycles. The molecule has 0 atom stereocenters. The second kappa shape index (κ2) is 6.44. The maximum absolute atomic E-state index is 4.45. The molecule has 0 saturated carbocycles. The molecule has 1 N–H and O–H groups in total. The van der Waals surface area contributed by atoms with Crippen LogP contribution < -0.4 is 5.32 Å². The minimum atomic E-state index is 0. The molecule has 2 rings (SSSR count). The van der Waals surface area contributed by atoms with E-state index in [-0.39, 0.29) is 12.4 Å². The molecule has 5 nitrogen and oxygen atoms in total. The van der Waals surface area contributed by atoms with Crippen LogP contribution in [0.5, 0.6) is 0 Å². The zero-order chi connectivity index (χ0) is 12.3. The summed E-state index contributed by atoms with van der Waals surface area (Å²) >= 11 is 0. The first-order chi connectivity index (χ1) is 8.22. The van der Waals surface area contributed by atoms with Gasteiger partial charge in [0.15, 0.2) is 5.82 Å². The summed E-state index contributed by atoms with van der Waals surface area (Å²) in [6.45, 7) is 8.80. The molecule has 2 aromatic heterocycles. The molecular formula is C12H20ClN5. The molecule has 0 amide bonds. The molecule has 2 aromatic rings. The summed E-state index contributed by atoms with van der Waals surface area (Å²) in [4.78, 5) is 0. The number of hydrogen-bond acceptors (Lipinski definition) is 3. The van der Waals surface area contributed by atoms with Crippen molar-refractivity contribution in [2.75, 3.05) is 5.32 Å². The summed E-state index contributed by atoms with van der Waals surface area (Å²) in [6.07, 6.45) is 6.00. The average molecular weight is 270 g/mol. The number of nitrogens with one attached hydrogen (secondary N) is 1. The summed E-state index contributed by atoms with van der Waals surface area (Å²) in [5.41, 5.74) is 2.35. The Balaban J connectivity index is 0.00000162. The molecule has 0 unspecified atom stereocenters. The van der Waals surface area contributed by atoms with Crippen LogP contribution >= 0.6 is 12.4 Å². The van der Waals surface area contributed by atoms with Gasteiger partial charge in [-0.1, -0.05) is 0 Å². The quantitative estimate of drug-likeness (QED) is 0.907. The average Bonchev–Trinajstić information content (AvgIpc) is 2.93. The lowest BCUT2D eigenvalue weighted by Gasteiger charge is -2.01. The van der Waals surface area contributed by atoms with Crippen molar-refractivity contribution in [1.82, 2.24) is 19.6 Å². The molecule has 0 fully saturated rings. The van der Waals surface area contributed by atoms with Crippen molar-refractivity contribution < 1.29 is 0 Å². The van der Waals surface area contributed by atoms with Crippen LogP contribution in [-0.4, -0.2) is 19.6 Å². The van der Waals surface area contributed by atoms with Crippen LogP contribution in [0.25, 0.3) is 0 Å². The van der Waals surface area contributed by atoms with Crippen molar-refractivity contribution in [3.8, 4) is 0 Å². The van der Waals surface area contributed by atoms with Gasteiger partial charge >= 0.3 is 0 Å². The van der Waals surface area contributed by atoms with Gasteiger partial charge in [0.05, 0.1) is 6.20 Å². The topological polar surface area (TPSA) is 47.7 Å². The van der Waals surface area contributed by atoms with Crippen LogP contribution in [0, 0.1) is 6.92 Å². The Morgan fingerprint density at radius 2 is 1.89 bits per heavy atom. The molecule has 0 bridgehead atoms. The summed E-state index contributed by atoms with van der Waals surface area (Å²) < 4.78 is 3.86. The molecule has 0 spiro atoms. The third-order valence-corrected chi connectivity index (χ3v) is 2.74. The van der Waals surface area contributed by atoms with Crippen LogP contribution in [0.1, 0.15) is 25.0 Å². The fourth-order valence-corrected chi connectivity index (χ4v) is 1.71. The molecule has 18 heavy (non-hydrogen) atoms. The second-order valence-corrected chi connectivity index (χ2v) is 4.07. The van der Waals surface area contributed by atoms with Crippen LogP contribution in [0.3, 0.4) is 0 Å². The molecule has 100 valence electrons. The largest absolute Gasteiger partial charge is 0.364 e. The van der Waals surface area contributed by atoms with Crippen LogP contribution in [-0.2, 0) is 19.6 Å². The van der Waals surface area contributed by atoms with Gasteiger partial charge in [0.1, 0.15) is 0 Å². The van der Waals surface area contributed by atoms with Crippen molar-refractivity contribution in [1.29, 1.82) is 0 Å². The monoisotopic (exact) mass is 269 g/mol. The minimum Gasteiger partial charge on any atom is -0.364 e. The Hall–Kier alpha value is -1.49. The lowest BCUT2D eigenvalue weighted by Crippen LogP contribution is -2.02. The van der Waals surface area contributed by atoms with Crippen molar-refractivity contribution in [2.24, 2.45) is 0 Å². The van der Waals surface area contributed by atoms with Gasteiger partial charge in [-0.3, -0.25) is 9.36 Å². The van der Waals surface area contributed by atoms with Gasteiger partial charge in [-0.2, -0.15) is 10.2 Å². The van der Waals surface area contributed by atoms with Gasteiger partial charge in [0.25, 0.3) is 0 Å². The zero-order valence-corrected chi connectivity index (χ0v) is 11.9. The minimum absolute atomic E-state index is 0. The number of anilines is 1. The van der Waals surface area contributed by atoms with E-state index >= 15 is 0 Å². The Bertz CT molecular complexity index is 488. The Labute approximate surface area is 114 Å². The number of rotatable bonds is 5. The molecule has 2 heterocycles. The number of nitrogens with zero attached hydrogens (tertiary/aromatic N) is 4. The van der Waals surface area contributed by atoms with Crippen LogP contribution in [0.15, 0.2) is 18.6 Å². The van der Waals surface area contributed by atoms with E-state index < -0.39 is 0 Å². The second-order valence-electron chi connectivity index (χ2n) is 4.07. The highest BCUT2D eigenvalue weighted by atomic mass is 35.5. The van der Waals surface area contributed by atoms with E-state index in [4.69, 9.17) is 0 Å². The Morgan fingerprint density at radius 1 is 1.17 bits per heavy atom. The number of aryl methyl sites for hydroxylation is 3. The van der Waals surface area contributed by atoms with E-state index in [9.17, 15) is 0 Å². The molecule has 0 radical (unpaired) electrons. The summed E-state index contributed by atoms with van der Waals surface area (Å²) in [6, 6.07) is 0. The molecule has 0 saturated heterocycles. The van der Waals surface area contributed by atoms with Crippen molar-refractivity contribution >= 4 is 18.2 Å². The maximum atomic E-state index is 4.45. The Morgan fingerprint density at radius 3 is 2.44 bits per heavy atom. The first kappa shape index (κ1) is 14.6. The third-order valence-electron chi connectivity index (χ3n) is 2.74. The van der Waals surface area contributed by atoms with Crippen LogP contribution in [0.2, 0.25) is 0 Å². The fraction of sp³-hybridized carbons (Fsp3) is 0.500. The normalized spacial score (nSPS) is 10.2. The van der Waals surface area contributed by atoms with Gasteiger partial charge in [0, 0.05) is 43.2 Å². The van der Waals surface area contributed by atoms with Gasteiger partial charge in [0.2, 0.25) is 0 Å². The van der Waals surface area contributed by atoms with E-state index in [1.807, 2.05) is 15.6 Å². The number of halogens is 1. The number of aromatic nitrogens is 4. The Kier molecular flexibility index (Phi) is 5.22. The lowest BCUT2D eigenvalue weighted by atomic mass is 10.3. The van der Waals surface area contributed by atoms with E-state index in [2.05, 4.69) is 48.7 Å². The third kappa shape index (κ3) is 3.26. The van der Waals surface area contributed by atoms with Crippen molar-refractivity contribution in [3.05, 3.63) is 29.7 Å². The van der Waals surface area contributed by atoms with E-state index in [1.54, 1.807) is 0 Å². The number of hydrogen-bond donors (Lipinski definition) is 1. The van der Waals surface area contributed by atoms with Crippen LogP contribution in [0.4, 0.5) is 5.82 Å². The standard InChI is InChI=1S/C12H19N5.ClH/c1-4-16-9-11(7-14-16)6-13-12-10(3)8-17(5-2)15-12;/h7-9H,4-6H2,1-3H3,(H,13,15);1H. The van der Waals surface area contributed by atoms with Crippen molar-refractivity contribution in [2.45, 2.75) is 40.4 Å². The smallest absolute Gasteiger partial charge is 0.151 e. The SMILES string of the molecule is CCn1cc(CNc2nn(CC)cc2C)cn1.Cl. The zero-order valence-electron chi connectivity index (χ0n) is 11.1. The van der Waals surface area contributed by atoms with Gasteiger partial charge < -0.3 is 5.32 Å². The predicted octanol–water partition coefficient (Wildman–Crippen LogP) is 2.46. The molecule has 0 aliphatic heterocycles. The first-order valence-corrected chi connectivity index (χ1v) is 6.02. The highest BCUT2D eigenvalue weighted by Crippen LogP contribution is 2.12. The highest BCUT2D eigenvalue weighted by Gasteiger charge is 2.04. The predicted molar refractivity (Wildman–Crippen MR) is 75.1 cm³/mol. The summed E-state index contributed by atoms with van der Waals surface area (Å²) in [5, 5.41) is 12.0. The highest BCUT2D eigenvalue weighted by molar-refractivity contribution is 5.85. The van der Waals surface area contributed by atoms with Gasteiger partial charge in [-0.25, -0.2) is 0 Å². The maximum Gasteiger partial charge on any atom is 0.151 e. The van der Waals surface area contributed by atoms with Gasteiger partial charge in [-0.05, 0) is 20.8 Å². The fourth-order valence-electron chi connectivity index (χ4n) is 1.71. The van der Waals surface area contributed by atoms with E-state index in [0.717, 1.165) is 25.5 Å². The molecule has 0 aromatic carbocycles.